The second kappa shape index (κ2) is 4.53. The molecule has 1 aromatic carbocycles. The number of hydrogen-bond donors (Lipinski definition) is 2. The standard InChI is InChI=1S/C14H17N3S/c1-14(2,3)17-13-10(12(15)18)8-9-6-4-5-7-11(9)16-13/h4-8H,1-3H3,(H2,15,18)(H,16,17). The van der Waals surface area contributed by atoms with Crippen molar-refractivity contribution < 1.29 is 0 Å². The number of benzene rings is 1. The molecular formula is C14H17N3S. The number of thiocarbonyl (C=S) groups is 1. The lowest BCUT2D eigenvalue weighted by Crippen LogP contribution is -2.28. The third kappa shape index (κ3) is 2.76. The van der Waals surface area contributed by atoms with Gasteiger partial charge in [-0.15, -0.1) is 0 Å². The molecule has 1 heterocycles. The number of pyridine rings is 1. The zero-order chi connectivity index (χ0) is 13.3. The van der Waals surface area contributed by atoms with E-state index < -0.39 is 0 Å². The Balaban J connectivity index is 2.61. The summed E-state index contributed by atoms with van der Waals surface area (Å²) in [6, 6.07) is 9.91. The summed E-state index contributed by atoms with van der Waals surface area (Å²) in [5, 5.41) is 4.39. The normalized spacial score (nSPS) is 11.5. The third-order valence-corrected chi connectivity index (χ3v) is 2.70. The highest BCUT2D eigenvalue weighted by Gasteiger charge is 2.15. The lowest BCUT2D eigenvalue weighted by molar-refractivity contribution is 0.631. The van der Waals surface area contributed by atoms with E-state index in [0.29, 0.717) is 4.99 Å². The van der Waals surface area contributed by atoms with Crippen LogP contribution in [0.3, 0.4) is 0 Å². The number of fused-ring (bicyclic) bond motifs is 1. The van der Waals surface area contributed by atoms with Gasteiger partial charge in [0.05, 0.1) is 11.1 Å². The third-order valence-electron chi connectivity index (χ3n) is 2.48. The summed E-state index contributed by atoms with van der Waals surface area (Å²) < 4.78 is 0. The van der Waals surface area contributed by atoms with Gasteiger partial charge in [0.15, 0.2) is 0 Å². The van der Waals surface area contributed by atoms with E-state index in [1.165, 1.54) is 0 Å². The fourth-order valence-electron chi connectivity index (χ4n) is 1.75. The molecule has 0 fully saturated rings. The number of rotatable bonds is 2. The van der Waals surface area contributed by atoms with Crippen molar-refractivity contribution in [2.45, 2.75) is 26.3 Å². The van der Waals surface area contributed by atoms with Crippen molar-refractivity contribution >= 4 is 33.9 Å². The van der Waals surface area contributed by atoms with Gasteiger partial charge in [-0.2, -0.15) is 0 Å². The average molecular weight is 259 g/mol. The lowest BCUT2D eigenvalue weighted by atomic mass is 10.1. The molecule has 18 heavy (non-hydrogen) atoms. The molecule has 0 aliphatic heterocycles. The summed E-state index contributed by atoms with van der Waals surface area (Å²) in [7, 11) is 0. The van der Waals surface area contributed by atoms with Crippen LogP contribution < -0.4 is 11.1 Å². The van der Waals surface area contributed by atoms with Gasteiger partial charge in [-0.05, 0) is 32.9 Å². The number of para-hydroxylation sites is 1. The minimum absolute atomic E-state index is 0.0883. The Morgan fingerprint density at radius 2 is 1.94 bits per heavy atom. The van der Waals surface area contributed by atoms with Gasteiger partial charge >= 0.3 is 0 Å². The predicted octanol–water partition coefficient (Wildman–Crippen LogP) is 3.08. The molecule has 3 nitrogen and oxygen atoms in total. The Morgan fingerprint density at radius 1 is 1.28 bits per heavy atom. The van der Waals surface area contributed by atoms with Crippen molar-refractivity contribution in [3.05, 3.63) is 35.9 Å². The van der Waals surface area contributed by atoms with Crippen LogP contribution in [0.2, 0.25) is 0 Å². The molecule has 3 N–H and O–H groups in total. The van der Waals surface area contributed by atoms with Crippen molar-refractivity contribution in [2.75, 3.05) is 5.32 Å². The van der Waals surface area contributed by atoms with E-state index in [9.17, 15) is 0 Å². The van der Waals surface area contributed by atoms with Gasteiger partial charge in [-0.25, -0.2) is 4.98 Å². The summed E-state index contributed by atoms with van der Waals surface area (Å²) >= 11 is 5.10. The second-order valence-electron chi connectivity index (χ2n) is 5.32. The first kappa shape index (κ1) is 12.8. The van der Waals surface area contributed by atoms with Gasteiger partial charge in [0, 0.05) is 10.9 Å². The number of anilines is 1. The molecule has 2 rings (SSSR count). The zero-order valence-corrected chi connectivity index (χ0v) is 11.6. The smallest absolute Gasteiger partial charge is 0.137 e. The number of nitrogens with two attached hydrogens (primary N) is 1. The van der Waals surface area contributed by atoms with Crippen LogP contribution >= 0.6 is 12.2 Å². The summed E-state index contributed by atoms with van der Waals surface area (Å²) in [5.41, 5.74) is 7.41. The maximum absolute atomic E-state index is 5.78. The highest BCUT2D eigenvalue weighted by molar-refractivity contribution is 7.80. The fraction of sp³-hybridized carbons (Fsp3) is 0.286. The van der Waals surface area contributed by atoms with E-state index in [4.69, 9.17) is 18.0 Å². The molecule has 0 amide bonds. The van der Waals surface area contributed by atoms with Crippen molar-refractivity contribution in [3.8, 4) is 0 Å². The second-order valence-corrected chi connectivity index (χ2v) is 5.76. The predicted molar refractivity (Wildman–Crippen MR) is 81.0 cm³/mol. The SMILES string of the molecule is CC(C)(C)Nc1nc2ccccc2cc1C(N)=S. The van der Waals surface area contributed by atoms with Gasteiger partial charge in [-0.3, -0.25) is 0 Å². The first-order chi connectivity index (χ1) is 8.37. The molecule has 0 unspecified atom stereocenters. The Hall–Kier alpha value is -1.68. The lowest BCUT2D eigenvalue weighted by Gasteiger charge is -2.23. The minimum atomic E-state index is -0.0883. The molecule has 0 atom stereocenters. The van der Waals surface area contributed by atoms with Crippen molar-refractivity contribution in [3.63, 3.8) is 0 Å². The quantitative estimate of drug-likeness (QED) is 0.814. The molecule has 94 valence electrons. The largest absolute Gasteiger partial charge is 0.389 e. The minimum Gasteiger partial charge on any atom is -0.389 e. The van der Waals surface area contributed by atoms with Gasteiger partial charge in [-0.1, -0.05) is 30.4 Å². The topological polar surface area (TPSA) is 50.9 Å². The zero-order valence-electron chi connectivity index (χ0n) is 10.8. The van der Waals surface area contributed by atoms with E-state index in [1.807, 2.05) is 30.3 Å². The van der Waals surface area contributed by atoms with E-state index in [2.05, 4.69) is 31.1 Å². The van der Waals surface area contributed by atoms with Crippen LogP contribution in [0.25, 0.3) is 10.9 Å². The summed E-state index contributed by atoms with van der Waals surface area (Å²) in [6.07, 6.45) is 0. The van der Waals surface area contributed by atoms with Crippen LogP contribution in [0, 0.1) is 0 Å². The van der Waals surface area contributed by atoms with E-state index in [1.54, 1.807) is 0 Å². The molecule has 0 aliphatic carbocycles. The fourth-order valence-corrected chi connectivity index (χ4v) is 1.91. The van der Waals surface area contributed by atoms with E-state index >= 15 is 0 Å². The Bertz CT molecular complexity index is 600. The van der Waals surface area contributed by atoms with Gasteiger partial charge in [0.2, 0.25) is 0 Å². The Morgan fingerprint density at radius 3 is 2.56 bits per heavy atom. The van der Waals surface area contributed by atoms with Crippen LogP contribution in [-0.2, 0) is 0 Å². The summed E-state index contributed by atoms with van der Waals surface area (Å²) in [6.45, 7) is 6.23. The molecule has 0 aliphatic rings. The first-order valence-corrected chi connectivity index (χ1v) is 6.25. The van der Waals surface area contributed by atoms with Gasteiger partial charge in [0.1, 0.15) is 10.8 Å². The Kier molecular flexibility index (Phi) is 3.22. The maximum Gasteiger partial charge on any atom is 0.137 e. The molecule has 4 heteroatoms. The molecule has 2 aromatic rings. The van der Waals surface area contributed by atoms with Gasteiger partial charge in [0.25, 0.3) is 0 Å². The number of hydrogen-bond acceptors (Lipinski definition) is 3. The molecule has 0 bridgehead atoms. The van der Waals surface area contributed by atoms with Gasteiger partial charge < -0.3 is 11.1 Å². The monoisotopic (exact) mass is 259 g/mol. The summed E-state index contributed by atoms with van der Waals surface area (Å²) in [4.78, 5) is 4.96. The van der Waals surface area contributed by atoms with Crippen LogP contribution in [0.1, 0.15) is 26.3 Å². The first-order valence-electron chi connectivity index (χ1n) is 5.84. The molecular weight excluding hydrogens is 242 g/mol. The molecule has 0 radical (unpaired) electrons. The number of nitrogens with one attached hydrogen (secondary N) is 1. The van der Waals surface area contributed by atoms with Crippen molar-refractivity contribution in [1.29, 1.82) is 0 Å². The maximum atomic E-state index is 5.78. The summed E-state index contributed by atoms with van der Waals surface area (Å²) in [5.74, 6) is 0.744. The van der Waals surface area contributed by atoms with E-state index in [0.717, 1.165) is 22.3 Å². The molecule has 0 saturated carbocycles. The van der Waals surface area contributed by atoms with Crippen LogP contribution in [-0.4, -0.2) is 15.5 Å². The van der Waals surface area contributed by atoms with Crippen LogP contribution in [0.5, 0.6) is 0 Å². The van der Waals surface area contributed by atoms with E-state index in [-0.39, 0.29) is 5.54 Å². The number of aromatic nitrogens is 1. The van der Waals surface area contributed by atoms with Crippen molar-refractivity contribution in [1.82, 2.24) is 4.98 Å². The highest BCUT2D eigenvalue weighted by Crippen LogP contribution is 2.23. The average Bonchev–Trinajstić information content (AvgIpc) is 2.25. The number of nitrogens with zero attached hydrogens (tertiary/aromatic N) is 1. The molecule has 0 spiro atoms. The van der Waals surface area contributed by atoms with Crippen LogP contribution in [0.4, 0.5) is 5.82 Å². The molecule has 1 aromatic heterocycles. The van der Waals surface area contributed by atoms with Crippen molar-refractivity contribution in [2.24, 2.45) is 5.73 Å². The van der Waals surface area contributed by atoms with Crippen LogP contribution in [0.15, 0.2) is 30.3 Å². The molecule has 0 saturated heterocycles. The highest BCUT2D eigenvalue weighted by atomic mass is 32.1. The Labute approximate surface area is 112 Å².